The molecule has 4 unspecified atom stereocenters. The Hall–Kier alpha value is -3.44. The van der Waals surface area contributed by atoms with Crippen LogP contribution in [0.15, 0.2) is 30.5 Å². The number of aromatic amines is 1. The van der Waals surface area contributed by atoms with E-state index < -0.39 is 47.9 Å². The molecule has 1 aromatic heterocycles. The molecule has 8 N–H and O–H groups in total. The summed E-state index contributed by atoms with van der Waals surface area (Å²) in [7, 11) is 0. The molecule has 0 radical (unpaired) electrons. The molecule has 3 rings (SSSR count). The Balaban J connectivity index is 1.82. The van der Waals surface area contributed by atoms with Gasteiger partial charge in [-0.1, -0.05) is 18.2 Å². The fourth-order valence-electron chi connectivity index (χ4n) is 4.54. The van der Waals surface area contributed by atoms with E-state index in [1.54, 1.807) is 6.20 Å². The lowest BCUT2D eigenvalue weighted by Gasteiger charge is -2.29. The lowest BCUT2D eigenvalue weighted by Crippen LogP contribution is -2.57. The van der Waals surface area contributed by atoms with E-state index in [0.717, 1.165) is 16.5 Å². The third-order valence-electron chi connectivity index (χ3n) is 6.53. The number of amides is 3. The maximum atomic E-state index is 13.5. The van der Waals surface area contributed by atoms with Crippen LogP contribution in [-0.2, 0) is 25.6 Å². The summed E-state index contributed by atoms with van der Waals surface area (Å²) in [6, 6.07) is 3.96. The van der Waals surface area contributed by atoms with Crippen LogP contribution in [0.1, 0.15) is 44.6 Å². The molecule has 1 aromatic carbocycles. The molecule has 2 heterocycles. The van der Waals surface area contributed by atoms with Crippen LogP contribution in [0.5, 0.6) is 0 Å². The fraction of sp³-hybridized carbons (Fsp3) is 0.520. The number of carbonyl (C=O) groups is 4. The summed E-state index contributed by atoms with van der Waals surface area (Å²) in [5, 5.41) is 15.9. The van der Waals surface area contributed by atoms with Crippen molar-refractivity contribution in [3.63, 3.8) is 0 Å². The van der Waals surface area contributed by atoms with Gasteiger partial charge in [-0.05, 0) is 57.2 Å². The van der Waals surface area contributed by atoms with Gasteiger partial charge in [0.15, 0.2) is 0 Å². The molecule has 1 aliphatic rings. The normalized spacial score (nSPS) is 18.0. The van der Waals surface area contributed by atoms with E-state index in [0.29, 0.717) is 45.2 Å². The summed E-state index contributed by atoms with van der Waals surface area (Å²) in [6.45, 7) is 2.28. The number of nitrogens with two attached hydrogens (primary N) is 2. The summed E-state index contributed by atoms with van der Waals surface area (Å²) in [5.74, 6) is -2.53. The molecule has 11 heteroatoms. The van der Waals surface area contributed by atoms with Gasteiger partial charge in [-0.15, -0.1) is 0 Å². The molecule has 1 aliphatic heterocycles. The topological polar surface area (TPSA) is 184 Å². The van der Waals surface area contributed by atoms with Crippen LogP contribution in [0.3, 0.4) is 0 Å². The molecule has 1 fully saturated rings. The van der Waals surface area contributed by atoms with E-state index in [1.165, 1.54) is 11.8 Å². The SMILES string of the molecule is CC(N)C(=O)NC(Cc1c[nH]c2ccccc12)C(=O)NC(CCCCN)C(=O)N1CCCC1C(=O)O. The fourth-order valence-corrected chi connectivity index (χ4v) is 4.54. The minimum absolute atomic E-state index is 0.180. The van der Waals surface area contributed by atoms with Crippen molar-refractivity contribution in [3.8, 4) is 0 Å². The minimum Gasteiger partial charge on any atom is -0.480 e. The van der Waals surface area contributed by atoms with Crippen LogP contribution < -0.4 is 22.1 Å². The lowest BCUT2D eigenvalue weighted by molar-refractivity contribution is -0.149. The quantitative estimate of drug-likeness (QED) is 0.225. The third kappa shape index (κ3) is 6.61. The van der Waals surface area contributed by atoms with Gasteiger partial charge >= 0.3 is 5.97 Å². The number of hydrogen-bond donors (Lipinski definition) is 6. The lowest BCUT2D eigenvalue weighted by atomic mass is 10.0. The number of aliphatic carboxylic acids is 1. The first-order chi connectivity index (χ1) is 17.2. The molecule has 0 aliphatic carbocycles. The summed E-state index contributed by atoms with van der Waals surface area (Å²) in [4.78, 5) is 55.3. The van der Waals surface area contributed by atoms with Gasteiger partial charge in [-0.2, -0.15) is 0 Å². The maximum Gasteiger partial charge on any atom is 0.326 e. The molecule has 196 valence electrons. The molecule has 4 atom stereocenters. The second kappa shape index (κ2) is 12.5. The van der Waals surface area contributed by atoms with Crippen LogP contribution in [0.4, 0.5) is 0 Å². The van der Waals surface area contributed by atoms with Gasteiger partial charge < -0.3 is 37.1 Å². The number of H-pyrrole nitrogens is 1. The van der Waals surface area contributed by atoms with E-state index in [-0.39, 0.29) is 6.42 Å². The van der Waals surface area contributed by atoms with Gasteiger partial charge in [0.05, 0.1) is 6.04 Å². The van der Waals surface area contributed by atoms with Gasteiger partial charge in [0, 0.05) is 30.1 Å². The van der Waals surface area contributed by atoms with Crippen molar-refractivity contribution >= 4 is 34.6 Å². The van der Waals surface area contributed by atoms with Gasteiger partial charge in [-0.3, -0.25) is 14.4 Å². The van der Waals surface area contributed by atoms with Crippen molar-refractivity contribution in [1.82, 2.24) is 20.5 Å². The largest absolute Gasteiger partial charge is 0.480 e. The number of unbranched alkanes of at least 4 members (excludes halogenated alkanes) is 1. The number of benzene rings is 1. The average molecular weight is 501 g/mol. The number of rotatable bonds is 12. The second-order valence-electron chi connectivity index (χ2n) is 9.29. The minimum atomic E-state index is -1.06. The Labute approximate surface area is 210 Å². The number of likely N-dealkylation sites (tertiary alicyclic amines) is 1. The van der Waals surface area contributed by atoms with Gasteiger partial charge in [-0.25, -0.2) is 4.79 Å². The first-order valence-electron chi connectivity index (χ1n) is 12.4. The van der Waals surface area contributed by atoms with E-state index >= 15 is 0 Å². The summed E-state index contributed by atoms with van der Waals surface area (Å²) in [5.41, 5.74) is 13.1. The summed E-state index contributed by atoms with van der Waals surface area (Å²) < 4.78 is 0. The Morgan fingerprint density at radius 2 is 1.86 bits per heavy atom. The second-order valence-corrected chi connectivity index (χ2v) is 9.29. The molecule has 36 heavy (non-hydrogen) atoms. The number of aromatic nitrogens is 1. The maximum absolute atomic E-state index is 13.5. The van der Waals surface area contributed by atoms with E-state index in [1.807, 2.05) is 24.3 Å². The third-order valence-corrected chi connectivity index (χ3v) is 6.53. The number of hydrogen-bond acceptors (Lipinski definition) is 6. The monoisotopic (exact) mass is 500 g/mol. The Kier molecular flexibility index (Phi) is 9.43. The molecule has 0 saturated carbocycles. The standard InChI is InChI=1S/C25H36N6O5/c1-15(27)22(32)30-20(13-16-14-28-18-8-3-2-7-17(16)18)23(33)29-19(9-4-5-11-26)24(34)31-12-6-10-21(31)25(35)36/h2-3,7-8,14-15,19-21,28H,4-6,9-13,26-27H2,1H3,(H,29,33)(H,30,32)(H,35,36). The predicted octanol–water partition coefficient (Wildman–Crippen LogP) is 0.232. The number of fused-ring (bicyclic) bond motifs is 1. The molecular formula is C25H36N6O5. The number of nitrogens with zero attached hydrogens (tertiary/aromatic N) is 1. The van der Waals surface area contributed by atoms with Gasteiger partial charge in [0.1, 0.15) is 18.1 Å². The highest BCUT2D eigenvalue weighted by atomic mass is 16.4. The van der Waals surface area contributed by atoms with Crippen LogP contribution >= 0.6 is 0 Å². The number of carbonyl (C=O) groups excluding carboxylic acids is 3. The number of carboxylic acid groups (broad SMARTS) is 1. The summed E-state index contributed by atoms with van der Waals surface area (Å²) in [6.07, 6.45) is 4.47. The van der Waals surface area contributed by atoms with Gasteiger partial charge in [0.2, 0.25) is 17.7 Å². The van der Waals surface area contributed by atoms with E-state index in [9.17, 15) is 24.3 Å². The van der Waals surface area contributed by atoms with Crippen LogP contribution in [0.25, 0.3) is 10.9 Å². The molecule has 0 bridgehead atoms. The smallest absolute Gasteiger partial charge is 0.326 e. The number of carboxylic acids is 1. The summed E-state index contributed by atoms with van der Waals surface area (Å²) >= 11 is 0. The van der Waals surface area contributed by atoms with E-state index in [2.05, 4.69) is 15.6 Å². The van der Waals surface area contributed by atoms with Crippen molar-refractivity contribution in [2.75, 3.05) is 13.1 Å². The highest BCUT2D eigenvalue weighted by Crippen LogP contribution is 2.21. The highest BCUT2D eigenvalue weighted by Gasteiger charge is 2.38. The van der Waals surface area contributed by atoms with Crippen molar-refractivity contribution in [3.05, 3.63) is 36.0 Å². The highest BCUT2D eigenvalue weighted by molar-refractivity contribution is 5.95. The van der Waals surface area contributed by atoms with Crippen molar-refractivity contribution in [1.29, 1.82) is 0 Å². The predicted molar refractivity (Wildman–Crippen MR) is 135 cm³/mol. The van der Waals surface area contributed by atoms with Crippen LogP contribution in [0, 0.1) is 0 Å². The van der Waals surface area contributed by atoms with Gasteiger partial charge in [0.25, 0.3) is 0 Å². The Morgan fingerprint density at radius 3 is 2.56 bits per heavy atom. The van der Waals surface area contributed by atoms with Crippen molar-refractivity contribution in [2.45, 2.75) is 69.6 Å². The first kappa shape index (κ1) is 27.2. The average Bonchev–Trinajstić information content (AvgIpc) is 3.50. The Bertz CT molecular complexity index is 1080. The molecule has 0 spiro atoms. The first-order valence-corrected chi connectivity index (χ1v) is 12.4. The van der Waals surface area contributed by atoms with E-state index in [4.69, 9.17) is 11.5 Å². The van der Waals surface area contributed by atoms with Crippen molar-refractivity contribution < 1.29 is 24.3 Å². The number of para-hydroxylation sites is 1. The zero-order valence-corrected chi connectivity index (χ0v) is 20.5. The molecular weight excluding hydrogens is 464 g/mol. The molecule has 3 amide bonds. The molecule has 11 nitrogen and oxygen atoms in total. The van der Waals surface area contributed by atoms with Crippen molar-refractivity contribution in [2.24, 2.45) is 11.5 Å². The molecule has 1 saturated heterocycles. The number of nitrogens with one attached hydrogen (secondary N) is 3. The Morgan fingerprint density at radius 1 is 1.14 bits per heavy atom. The molecule has 2 aromatic rings. The zero-order chi connectivity index (χ0) is 26.2. The van der Waals surface area contributed by atoms with Crippen LogP contribution in [0.2, 0.25) is 0 Å². The zero-order valence-electron chi connectivity index (χ0n) is 20.5. The van der Waals surface area contributed by atoms with Crippen LogP contribution in [-0.4, -0.2) is 75.9 Å².